The maximum Gasteiger partial charge on any atom is 0.0311 e. The SMILES string of the molecule is CC1=Cc2ccccc2C1c1ccccc1P(C1CCCCC1)C1CCCCC1. The lowest BCUT2D eigenvalue weighted by molar-refractivity contribution is 0.487. The molecule has 0 aromatic heterocycles. The number of hydrogen-bond donors (Lipinski definition) is 0. The third kappa shape index (κ3) is 3.86. The van der Waals surface area contributed by atoms with Gasteiger partial charge in [-0.15, -0.1) is 0 Å². The van der Waals surface area contributed by atoms with Gasteiger partial charge in [0.05, 0.1) is 0 Å². The predicted octanol–water partition coefficient (Wildman–Crippen LogP) is 8.01. The lowest BCUT2D eigenvalue weighted by Crippen LogP contribution is -2.28. The molecule has 1 heteroatoms. The van der Waals surface area contributed by atoms with E-state index in [1.165, 1.54) is 80.9 Å². The van der Waals surface area contributed by atoms with Crippen molar-refractivity contribution in [3.05, 3.63) is 70.8 Å². The zero-order chi connectivity index (χ0) is 19.6. The van der Waals surface area contributed by atoms with Crippen LogP contribution in [0.2, 0.25) is 0 Å². The van der Waals surface area contributed by atoms with Gasteiger partial charge in [0.1, 0.15) is 0 Å². The second kappa shape index (κ2) is 8.77. The standard InChI is InChI=1S/C28H35P/c1-21-20-22-12-8-9-17-25(22)28(21)26-18-10-11-19-27(26)29(23-13-4-2-5-14-23)24-15-6-3-7-16-24/h8-12,17-20,23-24,28H,2-7,13-16H2,1H3. The largest absolute Gasteiger partial charge is 0.0686 e. The Morgan fingerprint density at radius 3 is 1.86 bits per heavy atom. The van der Waals surface area contributed by atoms with E-state index in [4.69, 9.17) is 0 Å². The second-order valence-corrected chi connectivity index (χ2v) is 12.3. The minimum atomic E-state index is -0.0646. The van der Waals surface area contributed by atoms with Crippen molar-refractivity contribution in [3.8, 4) is 0 Å². The van der Waals surface area contributed by atoms with Crippen LogP contribution in [0.4, 0.5) is 0 Å². The number of benzene rings is 2. The summed E-state index contributed by atoms with van der Waals surface area (Å²) < 4.78 is 0. The molecule has 0 amide bonds. The van der Waals surface area contributed by atoms with Gasteiger partial charge in [0.15, 0.2) is 0 Å². The van der Waals surface area contributed by atoms with E-state index in [-0.39, 0.29) is 7.92 Å². The smallest absolute Gasteiger partial charge is 0.0311 e. The molecular formula is C28H35P. The van der Waals surface area contributed by atoms with E-state index in [2.05, 4.69) is 61.5 Å². The molecule has 2 aromatic carbocycles. The number of rotatable bonds is 4. The Bertz CT molecular complexity index is 849. The van der Waals surface area contributed by atoms with Gasteiger partial charge in [-0.05, 0) is 65.9 Å². The first-order valence-electron chi connectivity index (χ1n) is 12.0. The van der Waals surface area contributed by atoms with Crippen LogP contribution in [0.5, 0.6) is 0 Å². The lowest BCUT2D eigenvalue weighted by Gasteiger charge is -2.40. The van der Waals surface area contributed by atoms with Gasteiger partial charge in [-0.1, -0.05) is 107 Å². The highest BCUT2D eigenvalue weighted by Crippen LogP contribution is 2.56. The molecule has 2 aromatic rings. The Hall–Kier alpha value is -1.39. The van der Waals surface area contributed by atoms with Crippen molar-refractivity contribution in [3.63, 3.8) is 0 Å². The molecule has 0 N–H and O–H groups in total. The number of fused-ring (bicyclic) bond motifs is 1. The highest BCUT2D eigenvalue weighted by Gasteiger charge is 2.35. The van der Waals surface area contributed by atoms with Gasteiger partial charge in [-0.2, -0.15) is 0 Å². The van der Waals surface area contributed by atoms with E-state index in [1.807, 2.05) is 0 Å². The van der Waals surface area contributed by atoms with Crippen LogP contribution in [0, 0.1) is 0 Å². The molecule has 3 aliphatic rings. The first kappa shape index (κ1) is 19.6. The van der Waals surface area contributed by atoms with E-state index in [0.29, 0.717) is 5.92 Å². The van der Waals surface area contributed by atoms with Crippen molar-refractivity contribution in [2.75, 3.05) is 0 Å². The normalized spacial score (nSPS) is 23.2. The summed E-state index contributed by atoms with van der Waals surface area (Å²) >= 11 is 0. The van der Waals surface area contributed by atoms with Gasteiger partial charge in [0.2, 0.25) is 0 Å². The molecule has 2 fully saturated rings. The molecule has 2 saturated carbocycles. The molecule has 29 heavy (non-hydrogen) atoms. The summed E-state index contributed by atoms with van der Waals surface area (Å²) in [5.41, 5.74) is 8.05. The molecule has 0 heterocycles. The van der Waals surface area contributed by atoms with Crippen LogP contribution in [0.1, 0.15) is 93.7 Å². The maximum absolute atomic E-state index is 2.54. The van der Waals surface area contributed by atoms with Gasteiger partial charge in [0, 0.05) is 5.92 Å². The summed E-state index contributed by atoms with van der Waals surface area (Å²) in [6, 6.07) is 18.7. The molecule has 0 radical (unpaired) electrons. The van der Waals surface area contributed by atoms with Crippen molar-refractivity contribution in [2.45, 2.75) is 88.4 Å². The average molecular weight is 403 g/mol. The average Bonchev–Trinajstić information content (AvgIpc) is 3.11. The van der Waals surface area contributed by atoms with E-state index in [1.54, 1.807) is 10.9 Å². The van der Waals surface area contributed by atoms with Crippen LogP contribution < -0.4 is 5.30 Å². The van der Waals surface area contributed by atoms with Crippen LogP contribution in [0.25, 0.3) is 6.08 Å². The molecule has 3 aliphatic carbocycles. The highest BCUT2D eigenvalue weighted by atomic mass is 31.1. The first-order chi connectivity index (χ1) is 14.3. The highest BCUT2D eigenvalue weighted by molar-refractivity contribution is 7.67. The summed E-state index contributed by atoms with van der Waals surface area (Å²) in [4.78, 5) is 0. The first-order valence-corrected chi connectivity index (χ1v) is 13.5. The van der Waals surface area contributed by atoms with E-state index >= 15 is 0 Å². The van der Waals surface area contributed by atoms with Gasteiger partial charge in [-0.3, -0.25) is 0 Å². The third-order valence-electron chi connectivity index (χ3n) is 7.61. The minimum Gasteiger partial charge on any atom is -0.0686 e. The molecule has 5 rings (SSSR count). The zero-order valence-corrected chi connectivity index (χ0v) is 18.8. The zero-order valence-electron chi connectivity index (χ0n) is 17.9. The van der Waals surface area contributed by atoms with Gasteiger partial charge >= 0.3 is 0 Å². The van der Waals surface area contributed by atoms with Crippen molar-refractivity contribution in [1.29, 1.82) is 0 Å². The molecule has 1 unspecified atom stereocenters. The Kier molecular flexibility index (Phi) is 5.92. The van der Waals surface area contributed by atoms with Crippen molar-refractivity contribution in [1.82, 2.24) is 0 Å². The quantitative estimate of drug-likeness (QED) is 0.454. The summed E-state index contributed by atoms with van der Waals surface area (Å²) in [5, 5.41) is 1.76. The van der Waals surface area contributed by atoms with Gasteiger partial charge in [0.25, 0.3) is 0 Å². The number of allylic oxidation sites excluding steroid dienone is 1. The summed E-state index contributed by atoms with van der Waals surface area (Å²) in [6.07, 6.45) is 17.1. The summed E-state index contributed by atoms with van der Waals surface area (Å²) in [5.74, 6) is 0.472. The van der Waals surface area contributed by atoms with Gasteiger partial charge in [-0.25, -0.2) is 0 Å². The number of hydrogen-bond acceptors (Lipinski definition) is 0. The van der Waals surface area contributed by atoms with E-state index < -0.39 is 0 Å². The molecule has 1 atom stereocenters. The summed E-state index contributed by atoms with van der Waals surface area (Å²) in [7, 11) is -0.0646. The second-order valence-electron chi connectivity index (χ2n) is 9.50. The molecule has 0 saturated heterocycles. The fraction of sp³-hybridized carbons (Fsp3) is 0.500. The Morgan fingerprint density at radius 2 is 1.21 bits per heavy atom. The van der Waals surface area contributed by atoms with E-state index in [9.17, 15) is 0 Å². The minimum absolute atomic E-state index is 0.0646. The van der Waals surface area contributed by atoms with Crippen LogP contribution in [-0.2, 0) is 0 Å². The molecular weight excluding hydrogens is 367 g/mol. The Labute approximate surface area is 178 Å². The molecule has 152 valence electrons. The summed E-state index contributed by atoms with van der Waals surface area (Å²) in [6.45, 7) is 2.35. The van der Waals surface area contributed by atoms with Crippen LogP contribution in [-0.4, -0.2) is 11.3 Å². The Morgan fingerprint density at radius 1 is 0.655 bits per heavy atom. The maximum atomic E-state index is 2.54. The van der Waals surface area contributed by atoms with Crippen molar-refractivity contribution >= 4 is 19.3 Å². The van der Waals surface area contributed by atoms with Gasteiger partial charge < -0.3 is 0 Å². The Balaban J connectivity index is 1.58. The van der Waals surface area contributed by atoms with Crippen LogP contribution in [0.15, 0.2) is 54.1 Å². The molecule has 0 nitrogen and oxygen atoms in total. The van der Waals surface area contributed by atoms with Crippen molar-refractivity contribution in [2.24, 2.45) is 0 Å². The molecule has 0 aliphatic heterocycles. The van der Waals surface area contributed by atoms with E-state index in [0.717, 1.165) is 11.3 Å². The third-order valence-corrected chi connectivity index (χ3v) is 11.2. The predicted molar refractivity (Wildman–Crippen MR) is 129 cm³/mol. The van der Waals surface area contributed by atoms with Crippen LogP contribution >= 0.6 is 7.92 Å². The molecule has 0 spiro atoms. The van der Waals surface area contributed by atoms with Crippen molar-refractivity contribution < 1.29 is 0 Å². The lowest BCUT2D eigenvalue weighted by atomic mass is 9.89. The fourth-order valence-electron chi connectivity index (χ4n) is 6.27. The van der Waals surface area contributed by atoms with Crippen LogP contribution in [0.3, 0.4) is 0 Å². The molecule has 0 bridgehead atoms. The monoisotopic (exact) mass is 402 g/mol. The topological polar surface area (TPSA) is 0 Å². The fourth-order valence-corrected chi connectivity index (χ4v) is 10.3.